The lowest BCUT2D eigenvalue weighted by molar-refractivity contribution is 0.429. The average molecular weight is 271 g/mol. The van der Waals surface area contributed by atoms with E-state index in [0.717, 1.165) is 12.1 Å². The third-order valence-electron chi connectivity index (χ3n) is 2.33. The second-order valence-corrected chi connectivity index (χ2v) is 4.45. The first-order valence-electron chi connectivity index (χ1n) is 5.70. The van der Waals surface area contributed by atoms with E-state index in [-0.39, 0.29) is 17.4 Å². The Morgan fingerprint density at radius 3 is 2.42 bits per heavy atom. The van der Waals surface area contributed by atoms with Gasteiger partial charge in [0.15, 0.2) is 17.5 Å². The molecule has 0 unspecified atom stereocenters. The van der Waals surface area contributed by atoms with Crippen molar-refractivity contribution in [2.75, 3.05) is 11.9 Å². The van der Waals surface area contributed by atoms with Crippen molar-refractivity contribution in [1.82, 2.24) is 10.1 Å². The number of hydrogen-bond acceptors (Lipinski definition) is 4. The highest BCUT2D eigenvalue weighted by molar-refractivity contribution is 5.55. The van der Waals surface area contributed by atoms with Crippen molar-refractivity contribution in [3.8, 4) is 11.4 Å². The topological polar surface area (TPSA) is 51.0 Å². The Balaban J connectivity index is 2.23. The molecule has 0 bridgehead atoms. The first kappa shape index (κ1) is 13.4. The summed E-state index contributed by atoms with van der Waals surface area (Å²) in [5.74, 6) is -3.75. The Labute approximate surface area is 107 Å². The van der Waals surface area contributed by atoms with Crippen LogP contribution in [0, 0.1) is 23.4 Å². The fourth-order valence-corrected chi connectivity index (χ4v) is 1.39. The molecular formula is C12H12F3N3O. The molecule has 7 heteroatoms. The minimum Gasteiger partial charge on any atom is -0.337 e. The first-order chi connectivity index (χ1) is 8.97. The van der Waals surface area contributed by atoms with E-state index in [0.29, 0.717) is 12.5 Å². The predicted octanol–water partition coefficient (Wildman–Crippen LogP) is 3.22. The van der Waals surface area contributed by atoms with Crippen LogP contribution in [0.15, 0.2) is 16.7 Å². The van der Waals surface area contributed by atoms with Crippen LogP contribution in [0.1, 0.15) is 13.8 Å². The fraction of sp³-hybridized carbons (Fsp3) is 0.333. The Morgan fingerprint density at radius 1 is 1.21 bits per heavy atom. The van der Waals surface area contributed by atoms with Crippen LogP contribution in [0.3, 0.4) is 0 Å². The zero-order chi connectivity index (χ0) is 14.0. The van der Waals surface area contributed by atoms with Crippen LogP contribution in [0.4, 0.5) is 19.2 Å². The van der Waals surface area contributed by atoms with Gasteiger partial charge in [-0.25, -0.2) is 13.2 Å². The van der Waals surface area contributed by atoms with Crippen molar-refractivity contribution in [3.05, 3.63) is 29.6 Å². The van der Waals surface area contributed by atoms with Crippen LogP contribution < -0.4 is 5.32 Å². The molecule has 4 nitrogen and oxygen atoms in total. The lowest BCUT2D eigenvalue weighted by Gasteiger charge is -2.02. The van der Waals surface area contributed by atoms with E-state index >= 15 is 0 Å². The zero-order valence-electron chi connectivity index (χ0n) is 10.4. The second-order valence-electron chi connectivity index (χ2n) is 4.45. The fourth-order valence-electron chi connectivity index (χ4n) is 1.39. The van der Waals surface area contributed by atoms with Gasteiger partial charge >= 0.3 is 6.01 Å². The number of halogens is 3. The molecular weight excluding hydrogens is 259 g/mol. The number of anilines is 1. The van der Waals surface area contributed by atoms with Gasteiger partial charge in [0.1, 0.15) is 0 Å². The maximum Gasteiger partial charge on any atom is 0.321 e. The van der Waals surface area contributed by atoms with E-state index in [1.54, 1.807) is 0 Å². The van der Waals surface area contributed by atoms with Crippen molar-refractivity contribution in [3.63, 3.8) is 0 Å². The smallest absolute Gasteiger partial charge is 0.321 e. The van der Waals surface area contributed by atoms with Crippen LogP contribution in [0.5, 0.6) is 0 Å². The van der Waals surface area contributed by atoms with Crippen molar-refractivity contribution in [2.45, 2.75) is 13.8 Å². The maximum absolute atomic E-state index is 13.1. The summed E-state index contributed by atoms with van der Waals surface area (Å²) < 4.78 is 43.8. The quantitative estimate of drug-likeness (QED) is 0.867. The summed E-state index contributed by atoms with van der Waals surface area (Å²) in [6.45, 7) is 4.61. The molecule has 0 spiro atoms. The molecule has 1 aromatic carbocycles. The Hall–Kier alpha value is -2.05. The summed E-state index contributed by atoms with van der Waals surface area (Å²) in [5, 5.41) is 6.44. The summed E-state index contributed by atoms with van der Waals surface area (Å²) in [4.78, 5) is 3.92. The van der Waals surface area contributed by atoms with Crippen LogP contribution >= 0.6 is 0 Å². The largest absolute Gasteiger partial charge is 0.337 e. The summed E-state index contributed by atoms with van der Waals surface area (Å²) in [5.41, 5.74) is 0.0118. The second kappa shape index (κ2) is 5.29. The Morgan fingerprint density at radius 2 is 1.84 bits per heavy atom. The molecule has 0 aliphatic rings. The number of benzene rings is 1. The van der Waals surface area contributed by atoms with Gasteiger partial charge in [-0.2, -0.15) is 4.98 Å². The summed E-state index contributed by atoms with van der Waals surface area (Å²) in [6.07, 6.45) is 0. The van der Waals surface area contributed by atoms with Gasteiger partial charge in [-0.05, 0) is 18.1 Å². The molecule has 0 saturated heterocycles. The molecule has 2 aromatic rings. The number of hydrogen-bond donors (Lipinski definition) is 1. The molecule has 0 atom stereocenters. The number of aromatic nitrogens is 2. The highest BCUT2D eigenvalue weighted by Crippen LogP contribution is 2.22. The first-order valence-corrected chi connectivity index (χ1v) is 5.70. The Kier molecular flexibility index (Phi) is 3.73. The molecule has 0 saturated carbocycles. The Bertz CT molecular complexity index is 560. The number of rotatable bonds is 4. The molecule has 1 N–H and O–H groups in total. The van der Waals surface area contributed by atoms with E-state index in [2.05, 4.69) is 15.5 Å². The van der Waals surface area contributed by atoms with Crippen LogP contribution in [-0.2, 0) is 0 Å². The molecule has 0 radical (unpaired) electrons. The van der Waals surface area contributed by atoms with Gasteiger partial charge in [0, 0.05) is 12.1 Å². The van der Waals surface area contributed by atoms with Gasteiger partial charge in [0.2, 0.25) is 5.82 Å². The minimum atomic E-state index is -1.52. The average Bonchev–Trinajstić information content (AvgIpc) is 2.81. The van der Waals surface area contributed by atoms with Crippen molar-refractivity contribution in [1.29, 1.82) is 0 Å². The molecule has 2 rings (SSSR count). The van der Waals surface area contributed by atoms with Crippen LogP contribution in [0.2, 0.25) is 0 Å². The van der Waals surface area contributed by atoms with Gasteiger partial charge in [0.25, 0.3) is 0 Å². The van der Waals surface area contributed by atoms with Crippen LogP contribution in [-0.4, -0.2) is 16.7 Å². The zero-order valence-corrected chi connectivity index (χ0v) is 10.4. The van der Waals surface area contributed by atoms with Crippen molar-refractivity contribution in [2.24, 2.45) is 5.92 Å². The van der Waals surface area contributed by atoms with Gasteiger partial charge in [-0.15, -0.1) is 0 Å². The molecule has 102 valence electrons. The lowest BCUT2D eigenvalue weighted by Crippen LogP contribution is -2.07. The van der Waals surface area contributed by atoms with E-state index in [4.69, 9.17) is 4.52 Å². The summed E-state index contributed by atoms with van der Waals surface area (Å²) >= 11 is 0. The normalized spacial score (nSPS) is 11.1. The highest BCUT2D eigenvalue weighted by atomic mass is 19.2. The van der Waals surface area contributed by atoms with Gasteiger partial charge in [0.05, 0.1) is 0 Å². The number of nitrogens with one attached hydrogen (secondary N) is 1. The molecule has 1 heterocycles. The third-order valence-corrected chi connectivity index (χ3v) is 2.33. The summed E-state index contributed by atoms with van der Waals surface area (Å²) in [6, 6.07) is 1.78. The molecule has 19 heavy (non-hydrogen) atoms. The predicted molar refractivity (Wildman–Crippen MR) is 62.9 cm³/mol. The van der Waals surface area contributed by atoms with Gasteiger partial charge in [-0.3, -0.25) is 0 Å². The van der Waals surface area contributed by atoms with E-state index < -0.39 is 17.5 Å². The molecule has 0 amide bonds. The number of nitrogens with zero attached hydrogens (tertiary/aromatic N) is 2. The molecule has 1 aromatic heterocycles. The standard InChI is InChI=1S/C12H12F3N3O/c1-6(2)5-16-12-17-11(18-19-12)7-3-8(13)10(15)9(14)4-7/h3-4,6H,5H2,1-2H3,(H,16,17,18). The molecule has 0 fully saturated rings. The van der Waals surface area contributed by atoms with Crippen molar-refractivity contribution < 1.29 is 17.7 Å². The van der Waals surface area contributed by atoms with Gasteiger partial charge in [-0.1, -0.05) is 19.0 Å². The monoisotopic (exact) mass is 271 g/mol. The van der Waals surface area contributed by atoms with Gasteiger partial charge < -0.3 is 9.84 Å². The van der Waals surface area contributed by atoms with E-state index in [1.165, 1.54) is 0 Å². The van der Waals surface area contributed by atoms with E-state index in [9.17, 15) is 13.2 Å². The maximum atomic E-state index is 13.1. The SMILES string of the molecule is CC(C)CNc1nc(-c2cc(F)c(F)c(F)c2)no1. The van der Waals surface area contributed by atoms with E-state index in [1.807, 2.05) is 13.8 Å². The van der Waals surface area contributed by atoms with Crippen molar-refractivity contribution >= 4 is 6.01 Å². The third kappa shape index (κ3) is 3.04. The molecule has 0 aliphatic heterocycles. The minimum absolute atomic E-state index is 0.0101. The van der Waals surface area contributed by atoms with Crippen LogP contribution in [0.25, 0.3) is 11.4 Å². The summed E-state index contributed by atoms with van der Waals surface area (Å²) in [7, 11) is 0. The highest BCUT2D eigenvalue weighted by Gasteiger charge is 2.15. The lowest BCUT2D eigenvalue weighted by atomic mass is 10.2. The molecule has 0 aliphatic carbocycles.